The molecule has 0 aromatic carbocycles. The monoisotopic (exact) mass is 244 g/mol. The highest BCUT2D eigenvalue weighted by atomic mass is 19.1. The smallest absolute Gasteiger partial charge is 0.133 e. The van der Waals surface area contributed by atoms with Crippen LogP contribution in [0.15, 0.2) is 0 Å². The van der Waals surface area contributed by atoms with Gasteiger partial charge in [0, 0.05) is 19.4 Å². The first kappa shape index (κ1) is 14.6. The highest BCUT2D eigenvalue weighted by Crippen LogP contribution is 2.35. The molecule has 100 valence electrons. The quantitative estimate of drug-likeness (QED) is 0.711. The van der Waals surface area contributed by atoms with Crippen LogP contribution in [-0.4, -0.2) is 24.2 Å². The van der Waals surface area contributed by atoms with Gasteiger partial charge in [0.25, 0.3) is 0 Å². The number of carbonyl (C=O) groups excluding carboxylic acids is 1. The van der Waals surface area contributed by atoms with Crippen molar-refractivity contribution in [2.24, 2.45) is 11.8 Å². The van der Waals surface area contributed by atoms with Crippen molar-refractivity contribution in [2.75, 3.05) is 13.3 Å². The lowest BCUT2D eigenvalue weighted by molar-refractivity contribution is -0.120. The number of hydrogen-bond acceptors (Lipinski definition) is 2. The molecule has 1 aliphatic carbocycles. The van der Waals surface area contributed by atoms with Gasteiger partial charge in [-0.05, 0) is 37.5 Å². The number of carbonyl (C=O) groups is 1. The summed E-state index contributed by atoms with van der Waals surface area (Å²) in [6, 6.07) is 0. The van der Waals surface area contributed by atoms with Gasteiger partial charge >= 0.3 is 0 Å². The molecule has 0 heterocycles. The SMILES string of the molecule is O=C(CCCF)CC1CCCCC1CCCO. The molecule has 1 aliphatic rings. The molecule has 0 amide bonds. The summed E-state index contributed by atoms with van der Waals surface area (Å²) >= 11 is 0. The normalized spacial score (nSPS) is 24.8. The van der Waals surface area contributed by atoms with Crippen molar-refractivity contribution in [3.05, 3.63) is 0 Å². The van der Waals surface area contributed by atoms with Gasteiger partial charge in [-0.2, -0.15) is 0 Å². The Kier molecular flexibility index (Phi) is 7.41. The van der Waals surface area contributed by atoms with Crippen LogP contribution in [-0.2, 0) is 4.79 Å². The Bertz CT molecular complexity index is 218. The molecule has 0 saturated heterocycles. The third kappa shape index (κ3) is 5.62. The van der Waals surface area contributed by atoms with Crippen LogP contribution in [0.2, 0.25) is 0 Å². The van der Waals surface area contributed by atoms with Crippen molar-refractivity contribution in [1.29, 1.82) is 0 Å². The molecule has 3 heteroatoms. The number of alkyl halides is 1. The van der Waals surface area contributed by atoms with Crippen LogP contribution in [0.5, 0.6) is 0 Å². The van der Waals surface area contributed by atoms with Crippen molar-refractivity contribution < 1.29 is 14.3 Å². The largest absolute Gasteiger partial charge is 0.396 e. The van der Waals surface area contributed by atoms with Gasteiger partial charge in [-0.15, -0.1) is 0 Å². The molecule has 17 heavy (non-hydrogen) atoms. The van der Waals surface area contributed by atoms with Gasteiger partial charge in [0.05, 0.1) is 6.67 Å². The lowest BCUT2D eigenvalue weighted by Crippen LogP contribution is -2.22. The van der Waals surface area contributed by atoms with E-state index in [1.807, 2.05) is 0 Å². The number of aliphatic hydroxyl groups is 1. The number of hydrogen-bond donors (Lipinski definition) is 1. The highest BCUT2D eigenvalue weighted by molar-refractivity contribution is 5.78. The number of halogens is 1. The molecular formula is C14H25FO2. The minimum absolute atomic E-state index is 0.226. The van der Waals surface area contributed by atoms with E-state index in [0.29, 0.717) is 31.1 Å². The maximum absolute atomic E-state index is 12.0. The minimum Gasteiger partial charge on any atom is -0.396 e. The fourth-order valence-corrected chi connectivity index (χ4v) is 2.95. The zero-order valence-corrected chi connectivity index (χ0v) is 10.7. The summed E-state index contributed by atoms with van der Waals surface area (Å²) in [6.07, 6.45) is 8.11. The van der Waals surface area contributed by atoms with Crippen LogP contribution in [0.25, 0.3) is 0 Å². The molecule has 2 nitrogen and oxygen atoms in total. The first-order valence-electron chi connectivity index (χ1n) is 6.96. The predicted molar refractivity (Wildman–Crippen MR) is 66.6 cm³/mol. The number of rotatable bonds is 8. The molecule has 2 unspecified atom stereocenters. The summed E-state index contributed by atoms with van der Waals surface area (Å²) in [5.41, 5.74) is 0. The van der Waals surface area contributed by atoms with Gasteiger partial charge in [-0.1, -0.05) is 19.3 Å². The van der Waals surface area contributed by atoms with E-state index in [1.165, 1.54) is 19.3 Å². The Hall–Kier alpha value is -0.440. The number of Topliss-reactive ketones (excluding diaryl/α,β-unsaturated/α-hetero) is 1. The second-order valence-electron chi connectivity index (χ2n) is 5.21. The summed E-state index contributed by atoms with van der Waals surface area (Å²) < 4.78 is 12.0. The van der Waals surface area contributed by atoms with E-state index in [2.05, 4.69) is 0 Å². The van der Waals surface area contributed by atoms with Gasteiger partial charge in [0.15, 0.2) is 0 Å². The van der Waals surface area contributed by atoms with E-state index < -0.39 is 0 Å². The third-order valence-corrected chi connectivity index (χ3v) is 3.88. The molecule has 0 spiro atoms. The maximum Gasteiger partial charge on any atom is 0.133 e. The van der Waals surface area contributed by atoms with Gasteiger partial charge in [0.1, 0.15) is 5.78 Å². The van der Waals surface area contributed by atoms with Crippen LogP contribution in [0, 0.1) is 11.8 Å². The lowest BCUT2D eigenvalue weighted by atomic mass is 9.74. The Morgan fingerprint density at radius 3 is 2.53 bits per heavy atom. The Labute approximate surface area is 104 Å². The summed E-state index contributed by atoms with van der Waals surface area (Å²) in [6.45, 7) is -0.136. The zero-order chi connectivity index (χ0) is 12.5. The summed E-state index contributed by atoms with van der Waals surface area (Å²) in [5.74, 6) is 1.32. The maximum atomic E-state index is 12.0. The van der Waals surface area contributed by atoms with E-state index in [4.69, 9.17) is 5.11 Å². The Morgan fingerprint density at radius 1 is 1.18 bits per heavy atom. The predicted octanol–water partition coefficient (Wildman–Crippen LogP) is 3.27. The highest BCUT2D eigenvalue weighted by Gasteiger charge is 2.26. The summed E-state index contributed by atoms with van der Waals surface area (Å²) in [7, 11) is 0. The first-order valence-corrected chi connectivity index (χ1v) is 6.96. The van der Waals surface area contributed by atoms with Crippen LogP contribution in [0.4, 0.5) is 4.39 Å². The molecule has 1 N–H and O–H groups in total. The second kappa shape index (κ2) is 8.62. The van der Waals surface area contributed by atoms with Crippen molar-refractivity contribution >= 4 is 5.78 Å². The van der Waals surface area contributed by atoms with Crippen LogP contribution in [0.3, 0.4) is 0 Å². The number of aliphatic hydroxyl groups excluding tert-OH is 1. The van der Waals surface area contributed by atoms with Crippen LogP contribution < -0.4 is 0 Å². The summed E-state index contributed by atoms with van der Waals surface area (Å²) in [4.78, 5) is 11.7. The second-order valence-corrected chi connectivity index (χ2v) is 5.21. The molecular weight excluding hydrogens is 219 g/mol. The lowest BCUT2D eigenvalue weighted by Gasteiger charge is -2.31. The molecule has 0 aromatic rings. The standard InChI is InChI=1S/C14H25FO2/c15-9-3-8-14(17)11-13-6-2-1-5-12(13)7-4-10-16/h12-13,16H,1-11H2. The van der Waals surface area contributed by atoms with Crippen LogP contribution >= 0.6 is 0 Å². The molecule has 1 rings (SSSR count). The first-order chi connectivity index (χ1) is 8.27. The van der Waals surface area contributed by atoms with E-state index >= 15 is 0 Å². The molecule has 0 bridgehead atoms. The van der Waals surface area contributed by atoms with Crippen molar-refractivity contribution in [1.82, 2.24) is 0 Å². The van der Waals surface area contributed by atoms with Gasteiger partial charge in [-0.3, -0.25) is 9.18 Å². The van der Waals surface area contributed by atoms with E-state index in [0.717, 1.165) is 19.3 Å². The third-order valence-electron chi connectivity index (χ3n) is 3.88. The average molecular weight is 244 g/mol. The molecule has 0 aliphatic heterocycles. The summed E-state index contributed by atoms with van der Waals surface area (Å²) in [5, 5.41) is 8.87. The van der Waals surface area contributed by atoms with Crippen molar-refractivity contribution in [3.63, 3.8) is 0 Å². The Morgan fingerprint density at radius 2 is 1.88 bits per heavy atom. The Balaban J connectivity index is 2.33. The fraction of sp³-hybridized carbons (Fsp3) is 0.929. The molecule has 1 fully saturated rings. The molecule has 1 saturated carbocycles. The molecule has 0 aromatic heterocycles. The van der Waals surface area contributed by atoms with Gasteiger partial charge < -0.3 is 5.11 Å². The van der Waals surface area contributed by atoms with Crippen molar-refractivity contribution in [3.8, 4) is 0 Å². The van der Waals surface area contributed by atoms with Gasteiger partial charge in [0.2, 0.25) is 0 Å². The van der Waals surface area contributed by atoms with Crippen LogP contribution in [0.1, 0.15) is 57.8 Å². The van der Waals surface area contributed by atoms with Gasteiger partial charge in [-0.25, -0.2) is 0 Å². The van der Waals surface area contributed by atoms with E-state index in [9.17, 15) is 9.18 Å². The average Bonchev–Trinajstić information content (AvgIpc) is 2.35. The van der Waals surface area contributed by atoms with Crippen molar-refractivity contribution in [2.45, 2.75) is 57.8 Å². The molecule has 2 atom stereocenters. The van der Waals surface area contributed by atoms with E-state index in [-0.39, 0.29) is 19.1 Å². The molecule has 0 radical (unpaired) electrons. The van der Waals surface area contributed by atoms with E-state index in [1.54, 1.807) is 0 Å². The number of ketones is 1. The topological polar surface area (TPSA) is 37.3 Å². The fourth-order valence-electron chi connectivity index (χ4n) is 2.95. The zero-order valence-electron chi connectivity index (χ0n) is 10.7. The minimum atomic E-state index is -0.385.